The average molecular weight is 198 g/mol. The number of unbranched alkanes of at least 4 members (excludes halogenated alkanes) is 2. The fraction of sp³-hybridized carbons (Fsp3) is 0.750. The molecule has 0 fully saturated rings. The number of rotatable bonds is 7. The van der Waals surface area contributed by atoms with Crippen molar-refractivity contribution in [2.75, 3.05) is 0 Å². The van der Waals surface area contributed by atoms with Gasteiger partial charge in [0, 0.05) is 0 Å². The Morgan fingerprint density at radius 3 is 2.36 bits per heavy atom. The molecule has 0 heterocycles. The predicted molar refractivity (Wildman–Crippen MR) is 59.3 cm³/mol. The van der Waals surface area contributed by atoms with Gasteiger partial charge >= 0.3 is 5.97 Å². The fourth-order valence-corrected chi connectivity index (χ4v) is 1.72. The van der Waals surface area contributed by atoms with Crippen LogP contribution in [0.15, 0.2) is 12.2 Å². The molecule has 0 bridgehead atoms. The molecule has 0 saturated carbocycles. The maximum Gasteiger partial charge on any atom is 0.313 e. The highest BCUT2D eigenvalue weighted by Gasteiger charge is 2.32. The molecule has 0 saturated heterocycles. The summed E-state index contributed by atoms with van der Waals surface area (Å²) in [5, 5.41) is 9.20. The van der Waals surface area contributed by atoms with Crippen LogP contribution < -0.4 is 0 Å². The zero-order valence-electron chi connectivity index (χ0n) is 9.55. The molecule has 0 amide bonds. The second-order valence-electron chi connectivity index (χ2n) is 3.77. The van der Waals surface area contributed by atoms with E-state index in [2.05, 4.69) is 6.92 Å². The second-order valence-corrected chi connectivity index (χ2v) is 3.77. The first-order valence-electron chi connectivity index (χ1n) is 5.50. The lowest BCUT2D eigenvalue weighted by Gasteiger charge is -2.24. The van der Waals surface area contributed by atoms with Crippen LogP contribution in [0.3, 0.4) is 0 Å². The lowest BCUT2D eigenvalue weighted by atomic mass is 9.80. The molecule has 0 spiro atoms. The standard InChI is InChI=1S/C12H22O2/c1-4-7-8-10-12(6-3,9-5-2)11(13)14/h5,9H,4,6-8,10H2,1-3H3,(H,13,14). The van der Waals surface area contributed by atoms with Crippen molar-refractivity contribution in [2.45, 2.75) is 52.9 Å². The highest BCUT2D eigenvalue weighted by molar-refractivity contribution is 5.76. The number of carboxylic acids is 1. The summed E-state index contributed by atoms with van der Waals surface area (Å²) in [5.74, 6) is -0.686. The van der Waals surface area contributed by atoms with E-state index in [-0.39, 0.29) is 0 Å². The van der Waals surface area contributed by atoms with Crippen molar-refractivity contribution in [2.24, 2.45) is 5.41 Å². The lowest BCUT2D eigenvalue weighted by molar-refractivity contribution is -0.146. The van der Waals surface area contributed by atoms with Gasteiger partial charge in [-0.15, -0.1) is 0 Å². The normalized spacial score (nSPS) is 15.6. The summed E-state index contributed by atoms with van der Waals surface area (Å²) < 4.78 is 0. The molecule has 1 unspecified atom stereocenters. The summed E-state index contributed by atoms with van der Waals surface area (Å²) in [6.07, 6.45) is 8.38. The second kappa shape index (κ2) is 6.63. The van der Waals surface area contributed by atoms with E-state index in [0.29, 0.717) is 6.42 Å². The number of hydrogen-bond donors (Lipinski definition) is 1. The average Bonchev–Trinajstić information content (AvgIpc) is 2.16. The Hall–Kier alpha value is -0.790. The van der Waals surface area contributed by atoms with Gasteiger partial charge in [-0.3, -0.25) is 4.79 Å². The molecular weight excluding hydrogens is 176 g/mol. The van der Waals surface area contributed by atoms with Gasteiger partial charge in [-0.05, 0) is 19.8 Å². The third-order valence-corrected chi connectivity index (χ3v) is 2.77. The first-order valence-corrected chi connectivity index (χ1v) is 5.50. The quantitative estimate of drug-likeness (QED) is 0.501. The van der Waals surface area contributed by atoms with Crippen LogP contribution in [0.4, 0.5) is 0 Å². The van der Waals surface area contributed by atoms with Crippen LogP contribution in [0.2, 0.25) is 0 Å². The zero-order valence-corrected chi connectivity index (χ0v) is 9.55. The van der Waals surface area contributed by atoms with Gasteiger partial charge in [-0.2, -0.15) is 0 Å². The molecule has 2 nitrogen and oxygen atoms in total. The van der Waals surface area contributed by atoms with Crippen molar-refractivity contribution in [1.29, 1.82) is 0 Å². The van der Waals surface area contributed by atoms with Crippen molar-refractivity contribution in [3.8, 4) is 0 Å². The molecule has 0 aliphatic rings. The smallest absolute Gasteiger partial charge is 0.313 e. The van der Waals surface area contributed by atoms with Gasteiger partial charge < -0.3 is 5.11 Å². The zero-order chi connectivity index (χ0) is 11.0. The summed E-state index contributed by atoms with van der Waals surface area (Å²) in [5.41, 5.74) is -0.621. The molecule has 0 radical (unpaired) electrons. The number of aliphatic carboxylic acids is 1. The molecule has 0 rings (SSSR count). The van der Waals surface area contributed by atoms with Gasteiger partial charge in [0.15, 0.2) is 0 Å². The van der Waals surface area contributed by atoms with Crippen LogP contribution in [0, 0.1) is 5.41 Å². The Labute approximate surface area is 87.0 Å². The summed E-state index contributed by atoms with van der Waals surface area (Å²) in [4.78, 5) is 11.2. The Bertz CT molecular complexity index is 196. The number of carbonyl (C=O) groups is 1. The predicted octanol–water partition coefficient (Wildman–Crippen LogP) is 3.62. The highest BCUT2D eigenvalue weighted by Crippen LogP contribution is 2.31. The first-order chi connectivity index (χ1) is 6.63. The molecule has 0 aliphatic carbocycles. The van der Waals surface area contributed by atoms with Gasteiger partial charge in [0.05, 0.1) is 5.41 Å². The van der Waals surface area contributed by atoms with E-state index >= 15 is 0 Å². The molecule has 14 heavy (non-hydrogen) atoms. The Balaban J connectivity index is 4.42. The molecule has 0 aliphatic heterocycles. The third-order valence-electron chi connectivity index (χ3n) is 2.77. The van der Waals surface area contributed by atoms with Crippen LogP contribution >= 0.6 is 0 Å². The molecule has 2 heteroatoms. The van der Waals surface area contributed by atoms with Crippen LogP contribution in [0.5, 0.6) is 0 Å². The van der Waals surface area contributed by atoms with E-state index in [4.69, 9.17) is 0 Å². The third kappa shape index (κ3) is 3.52. The lowest BCUT2D eigenvalue weighted by Crippen LogP contribution is -2.28. The monoisotopic (exact) mass is 198 g/mol. The minimum absolute atomic E-state index is 0.621. The van der Waals surface area contributed by atoms with E-state index in [1.54, 1.807) is 0 Å². The molecule has 0 aromatic rings. The minimum Gasteiger partial charge on any atom is -0.481 e. The molecule has 82 valence electrons. The molecular formula is C12H22O2. The van der Waals surface area contributed by atoms with Crippen molar-refractivity contribution in [3.05, 3.63) is 12.2 Å². The van der Waals surface area contributed by atoms with E-state index in [1.807, 2.05) is 26.0 Å². The topological polar surface area (TPSA) is 37.3 Å². The summed E-state index contributed by atoms with van der Waals surface area (Å²) >= 11 is 0. The SMILES string of the molecule is CC=CC(CC)(CCCCC)C(=O)O. The Morgan fingerprint density at radius 2 is 2.00 bits per heavy atom. The minimum atomic E-state index is -0.686. The van der Waals surface area contributed by atoms with Gasteiger partial charge in [-0.1, -0.05) is 45.3 Å². The number of hydrogen-bond acceptors (Lipinski definition) is 1. The summed E-state index contributed by atoms with van der Waals surface area (Å²) in [6.45, 7) is 5.96. The summed E-state index contributed by atoms with van der Waals surface area (Å²) in [6, 6.07) is 0. The Kier molecular flexibility index (Phi) is 6.26. The van der Waals surface area contributed by atoms with Crippen molar-refractivity contribution in [1.82, 2.24) is 0 Å². The van der Waals surface area contributed by atoms with Crippen molar-refractivity contribution >= 4 is 5.97 Å². The number of carboxylic acid groups (broad SMARTS) is 1. The molecule has 0 aromatic heterocycles. The van der Waals surface area contributed by atoms with Crippen molar-refractivity contribution in [3.63, 3.8) is 0 Å². The van der Waals surface area contributed by atoms with E-state index in [1.165, 1.54) is 0 Å². The maximum atomic E-state index is 11.2. The van der Waals surface area contributed by atoms with E-state index < -0.39 is 11.4 Å². The Morgan fingerprint density at radius 1 is 1.36 bits per heavy atom. The first kappa shape index (κ1) is 13.2. The maximum absolute atomic E-state index is 11.2. The van der Waals surface area contributed by atoms with Gasteiger partial charge in [0.2, 0.25) is 0 Å². The van der Waals surface area contributed by atoms with Gasteiger partial charge in [0.1, 0.15) is 0 Å². The molecule has 1 atom stereocenters. The van der Waals surface area contributed by atoms with Crippen LogP contribution in [0.1, 0.15) is 52.9 Å². The highest BCUT2D eigenvalue weighted by atomic mass is 16.4. The molecule has 0 aromatic carbocycles. The van der Waals surface area contributed by atoms with E-state index in [9.17, 15) is 9.90 Å². The van der Waals surface area contributed by atoms with Crippen LogP contribution in [-0.2, 0) is 4.79 Å². The molecule has 1 N–H and O–H groups in total. The fourth-order valence-electron chi connectivity index (χ4n) is 1.72. The van der Waals surface area contributed by atoms with Crippen molar-refractivity contribution < 1.29 is 9.90 Å². The number of allylic oxidation sites excluding steroid dienone is 1. The summed E-state index contributed by atoms with van der Waals surface area (Å²) in [7, 11) is 0. The van der Waals surface area contributed by atoms with Gasteiger partial charge in [0.25, 0.3) is 0 Å². The largest absolute Gasteiger partial charge is 0.481 e. The van der Waals surface area contributed by atoms with Gasteiger partial charge in [-0.25, -0.2) is 0 Å². The van der Waals surface area contributed by atoms with E-state index in [0.717, 1.165) is 25.7 Å². The van der Waals surface area contributed by atoms with Crippen LogP contribution in [-0.4, -0.2) is 11.1 Å². The van der Waals surface area contributed by atoms with Crippen LogP contribution in [0.25, 0.3) is 0 Å².